The molecule has 1 aromatic carbocycles. The van der Waals surface area contributed by atoms with Crippen LogP contribution in [-0.4, -0.2) is 38.8 Å². The van der Waals surface area contributed by atoms with Gasteiger partial charge in [-0.15, -0.1) is 24.0 Å². The number of benzene rings is 1. The highest BCUT2D eigenvalue weighted by atomic mass is 127. The number of nitrogens with one attached hydrogen (secondary N) is 2. The summed E-state index contributed by atoms with van der Waals surface area (Å²) in [7, 11) is 1.78. The van der Waals surface area contributed by atoms with Crippen molar-refractivity contribution in [2.75, 3.05) is 26.8 Å². The Morgan fingerprint density at radius 1 is 1.28 bits per heavy atom. The van der Waals surface area contributed by atoms with Crippen LogP contribution in [0.3, 0.4) is 0 Å². The van der Waals surface area contributed by atoms with Crippen molar-refractivity contribution in [3.8, 4) is 0 Å². The van der Waals surface area contributed by atoms with E-state index in [4.69, 9.17) is 4.74 Å². The van der Waals surface area contributed by atoms with E-state index >= 15 is 0 Å². The molecular weight excluding hydrogens is 432 g/mol. The molecular formula is C19H31FIN3O. The first-order chi connectivity index (χ1) is 11.5. The molecule has 0 spiro atoms. The summed E-state index contributed by atoms with van der Waals surface area (Å²) in [6.45, 7) is 8.62. The van der Waals surface area contributed by atoms with Crippen LogP contribution < -0.4 is 10.6 Å². The minimum absolute atomic E-state index is 0. The molecule has 1 fully saturated rings. The lowest BCUT2D eigenvalue weighted by Gasteiger charge is -2.38. The van der Waals surface area contributed by atoms with Crippen LogP contribution in [0, 0.1) is 11.7 Å². The van der Waals surface area contributed by atoms with Gasteiger partial charge in [-0.3, -0.25) is 4.99 Å². The smallest absolute Gasteiger partial charge is 0.191 e. The lowest BCUT2D eigenvalue weighted by Crippen LogP contribution is -2.50. The topological polar surface area (TPSA) is 45.7 Å². The Bertz CT molecular complexity index is 559. The molecule has 0 saturated carbocycles. The van der Waals surface area contributed by atoms with Crippen LogP contribution in [-0.2, 0) is 10.2 Å². The van der Waals surface area contributed by atoms with E-state index in [1.807, 2.05) is 6.07 Å². The minimum Gasteiger partial charge on any atom is -0.381 e. The van der Waals surface area contributed by atoms with Gasteiger partial charge in [0.1, 0.15) is 5.82 Å². The highest BCUT2D eigenvalue weighted by Crippen LogP contribution is 2.34. The van der Waals surface area contributed by atoms with Gasteiger partial charge in [0.05, 0.1) is 0 Å². The van der Waals surface area contributed by atoms with Crippen molar-refractivity contribution in [2.45, 2.75) is 45.1 Å². The summed E-state index contributed by atoms with van der Waals surface area (Å²) in [5.41, 5.74) is 0.907. The number of rotatable bonds is 5. The second kappa shape index (κ2) is 10.3. The molecule has 2 N–H and O–H groups in total. The SMILES string of the molecule is CN=C(NCC1(c2cccc(F)c2)CCOCC1)NC(C)C(C)C.I. The molecule has 1 aliphatic rings. The minimum atomic E-state index is -0.186. The van der Waals surface area contributed by atoms with Crippen molar-refractivity contribution in [3.05, 3.63) is 35.6 Å². The Morgan fingerprint density at radius 3 is 2.52 bits per heavy atom. The lowest BCUT2D eigenvalue weighted by atomic mass is 9.74. The molecule has 0 amide bonds. The van der Waals surface area contributed by atoms with Gasteiger partial charge in [0.2, 0.25) is 0 Å². The summed E-state index contributed by atoms with van der Waals surface area (Å²) in [4.78, 5) is 4.33. The number of aliphatic imine (C=N–C) groups is 1. The van der Waals surface area contributed by atoms with Crippen molar-refractivity contribution in [2.24, 2.45) is 10.9 Å². The van der Waals surface area contributed by atoms with Gasteiger partial charge in [0.15, 0.2) is 5.96 Å². The number of nitrogens with zero attached hydrogens (tertiary/aromatic N) is 1. The van der Waals surface area contributed by atoms with Gasteiger partial charge in [-0.2, -0.15) is 0 Å². The predicted molar refractivity (Wildman–Crippen MR) is 112 cm³/mol. The zero-order valence-electron chi connectivity index (χ0n) is 15.6. The maximum atomic E-state index is 13.7. The highest BCUT2D eigenvalue weighted by Gasteiger charge is 2.35. The summed E-state index contributed by atoms with van der Waals surface area (Å²) in [6.07, 6.45) is 1.75. The van der Waals surface area contributed by atoms with E-state index in [0.717, 1.165) is 24.4 Å². The van der Waals surface area contributed by atoms with Crippen LogP contribution in [0.15, 0.2) is 29.3 Å². The van der Waals surface area contributed by atoms with Crippen LogP contribution in [0.5, 0.6) is 0 Å². The Kier molecular flexibility index (Phi) is 9.13. The highest BCUT2D eigenvalue weighted by molar-refractivity contribution is 14.0. The predicted octanol–water partition coefficient (Wildman–Crippen LogP) is 3.70. The van der Waals surface area contributed by atoms with E-state index in [1.54, 1.807) is 19.2 Å². The molecule has 4 nitrogen and oxygen atoms in total. The van der Waals surface area contributed by atoms with Gasteiger partial charge in [-0.05, 0) is 43.4 Å². The number of halogens is 2. The molecule has 1 saturated heterocycles. The Hall–Kier alpha value is -0.890. The summed E-state index contributed by atoms with van der Waals surface area (Å²) < 4.78 is 19.3. The quantitative estimate of drug-likeness (QED) is 0.398. The van der Waals surface area contributed by atoms with Crippen LogP contribution in [0.1, 0.15) is 39.2 Å². The van der Waals surface area contributed by atoms with Gasteiger partial charge in [-0.25, -0.2) is 4.39 Å². The molecule has 1 atom stereocenters. The molecule has 1 aromatic rings. The molecule has 0 aromatic heterocycles. The van der Waals surface area contributed by atoms with Crippen LogP contribution in [0.25, 0.3) is 0 Å². The number of ether oxygens (including phenoxy) is 1. The average Bonchev–Trinajstić information content (AvgIpc) is 2.59. The van der Waals surface area contributed by atoms with Crippen molar-refractivity contribution >= 4 is 29.9 Å². The van der Waals surface area contributed by atoms with Crippen LogP contribution in [0.2, 0.25) is 0 Å². The van der Waals surface area contributed by atoms with E-state index < -0.39 is 0 Å². The Balaban J connectivity index is 0.00000312. The molecule has 1 unspecified atom stereocenters. The second-order valence-corrected chi connectivity index (χ2v) is 7.01. The number of hydrogen-bond acceptors (Lipinski definition) is 2. The summed E-state index contributed by atoms with van der Waals surface area (Å²) in [5, 5.41) is 6.86. The van der Waals surface area contributed by atoms with E-state index in [2.05, 4.69) is 36.4 Å². The maximum absolute atomic E-state index is 13.7. The lowest BCUT2D eigenvalue weighted by molar-refractivity contribution is 0.0512. The van der Waals surface area contributed by atoms with Gasteiger partial charge in [-0.1, -0.05) is 26.0 Å². The molecule has 2 rings (SSSR count). The van der Waals surface area contributed by atoms with Crippen molar-refractivity contribution < 1.29 is 9.13 Å². The van der Waals surface area contributed by atoms with Gasteiger partial charge >= 0.3 is 0 Å². The molecule has 1 aliphatic heterocycles. The molecule has 0 bridgehead atoms. The fraction of sp³-hybridized carbons (Fsp3) is 0.632. The normalized spacial score (nSPS) is 18.4. The zero-order valence-corrected chi connectivity index (χ0v) is 18.0. The third kappa shape index (κ3) is 6.09. The molecule has 0 aliphatic carbocycles. The first-order valence-electron chi connectivity index (χ1n) is 8.78. The fourth-order valence-electron chi connectivity index (χ4n) is 2.98. The average molecular weight is 463 g/mol. The number of guanidine groups is 1. The Labute approximate surface area is 168 Å². The van der Waals surface area contributed by atoms with Crippen LogP contribution >= 0.6 is 24.0 Å². The summed E-state index contributed by atoms with van der Waals surface area (Å²) in [6, 6.07) is 7.28. The maximum Gasteiger partial charge on any atom is 0.191 e. The fourth-order valence-corrected chi connectivity index (χ4v) is 2.98. The zero-order chi connectivity index (χ0) is 17.6. The summed E-state index contributed by atoms with van der Waals surface area (Å²) in [5.74, 6) is 1.12. The van der Waals surface area contributed by atoms with Crippen LogP contribution in [0.4, 0.5) is 4.39 Å². The van der Waals surface area contributed by atoms with E-state index in [0.29, 0.717) is 31.7 Å². The first kappa shape index (κ1) is 22.2. The molecule has 142 valence electrons. The van der Waals surface area contributed by atoms with E-state index in [1.165, 1.54) is 6.07 Å². The summed E-state index contributed by atoms with van der Waals surface area (Å²) >= 11 is 0. The third-order valence-electron chi connectivity index (χ3n) is 5.07. The van der Waals surface area contributed by atoms with Crippen molar-refractivity contribution in [3.63, 3.8) is 0 Å². The standard InChI is InChI=1S/C19H30FN3O.HI/c1-14(2)15(3)23-18(21-4)22-13-19(8-10-24-11-9-19)16-6-5-7-17(20)12-16;/h5-7,12,14-15H,8-11,13H2,1-4H3,(H2,21,22,23);1H. The molecule has 1 heterocycles. The van der Waals surface area contributed by atoms with E-state index in [-0.39, 0.29) is 35.2 Å². The second-order valence-electron chi connectivity index (χ2n) is 7.01. The van der Waals surface area contributed by atoms with Gasteiger partial charge in [0.25, 0.3) is 0 Å². The third-order valence-corrected chi connectivity index (χ3v) is 5.07. The first-order valence-corrected chi connectivity index (χ1v) is 8.78. The molecule has 6 heteroatoms. The number of hydrogen-bond donors (Lipinski definition) is 2. The Morgan fingerprint density at radius 2 is 1.96 bits per heavy atom. The molecule has 25 heavy (non-hydrogen) atoms. The molecule has 0 radical (unpaired) electrons. The van der Waals surface area contributed by atoms with Crippen molar-refractivity contribution in [1.29, 1.82) is 0 Å². The monoisotopic (exact) mass is 463 g/mol. The van der Waals surface area contributed by atoms with Crippen molar-refractivity contribution in [1.82, 2.24) is 10.6 Å². The van der Waals surface area contributed by atoms with Gasteiger partial charge in [0, 0.05) is 38.3 Å². The van der Waals surface area contributed by atoms with Gasteiger partial charge < -0.3 is 15.4 Å². The van der Waals surface area contributed by atoms with E-state index in [9.17, 15) is 4.39 Å². The largest absolute Gasteiger partial charge is 0.381 e.